The van der Waals surface area contributed by atoms with Crippen molar-refractivity contribution in [1.29, 1.82) is 0 Å². The van der Waals surface area contributed by atoms with Crippen LogP contribution in [0.25, 0.3) is 0 Å². The van der Waals surface area contributed by atoms with Gasteiger partial charge in [-0.15, -0.1) is 0 Å². The first-order chi connectivity index (χ1) is 19.0. The smallest absolute Gasteiger partial charge is 0.304 e. The number of nitrogens with zero attached hydrogens (tertiary/aromatic N) is 3. The number of carbonyl (C=O) groups excluding carboxylic acids is 2. The van der Waals surface area contributed by atoms with E-state index in [-0.39, 0.29) is 24.8 Å². The maximum absolute atomic E-state index is 14.2. The van der Waals surface area contributed by atoms with Crippen molar-refractivity contribution in [3.63, 3.8) is 0 Å². The number of anilines is 1. The summed E-state index contributed by atoms with van der Waals surface area (Å²) >= 11 is 6.48. The van der Waals surface area contributed by atoms with Crippen molar-refractivity contribution in [1.82, 2.24) is 14.5 Å². The van der Waals surface area contributed by atoms with Crippen LogP contribution in [0.2, 0.25) is 5.02 Å². The first-order valence-corrected chi connectivity index (χ1v) is 14.9. The summed E-state index contributed by atoms with van der Waals surface area (Å²) < 4.78 is 28.8. The van der Waals surface area contributed by atoms with Crippen molar-refractivity contribution in [3.8, 4) is 0 Å². The van der Waals surface area contributed by atoms with Crippen LogP contribution >= 0.6 is 11.6 Å². The molecule has 0 aliphatic rings. The number of halogens is 1. The molecule has 3 aromatic carbocycles. The lowest BCUT2D eigenvalue weighted by atomic mass is 10.0. The molecule has 0 saturated heterocycles. The van der Waals surface area contributed by atoms with Crippen LogP contribution in [0.3, 0.4) is 0 Å². The van der Waals surface area contributed by atoms with E-state index in [2.05, 4.69) is 5.32 Å². The molecular formula is C30H37ClN4O4S. The molecule has 3 rings (SSSR count). The van der Waals surface area contributed by atoms with E-state index >= 15 is 0 Å². The number of hydrogen-bond acceptors (Lipinski definition) is 4. The van der Waals surface area contributed by atoms with Crippen LogP contribution in [0, 0.1) is 5.92 Å². The fraction of sp³-hybridized carbons (Fsp3) is 0.333. The standard InChI is InChI=1S/C30H37ClN4O4S/c1-23(2)20-32-30(37)28(19-24-13-7-5-8-14-24)34(21-25-15-11-12-18-27(25)31)29(36)22-35(40(38,39)33(3)4)26-16-9-6-10-17-26/h5-18,23,28H,19-22H2,1-4H3,(H,32,37). The highest BCUT2D eigenvalue weighted by Crippen LogP contribution is 2.23. The van der Waals surface area contributed by atoms with E-state index in [1.807, 2.05) is 50.2 Å². The predicted molar refractivity (Wildman–Crippen MR) is 160 cm³/mol. The van der Waals surface area contributed by atoms with Crippen LogP contribution in [0.1, 0.15) is 25.0 Å². The Balaban J connectivity index is 2.08. The second-order valence-corrected chi connectivity index (χ2v) is 12.6. The molecule has 0 saturated carbocycles. The molecular weight excluding hydrogens is 548 g/mol. The highest BCUT2D eigenvalue weighted by molar-refractivity contribution is 7.90. The van der Waals surface area contributed by atoms with Gasteiger partial charge in [-0.05, 0) is 35.2 Å². The maximum Gasteiger partial charge on any atom is 0.304 e. The van der Waals surface area contributed by atoms with Crippen molar-refractivity contribution in [2.75, 3.05) is 31.5 Å². The Hall–Kier alpha value is -3.40. The number of amides is 2. The predicted octanol–water partition coefficient (Wildman–Crippen LogP) is 4.37. The second-order valence-electron chi connectivity index (χ2n) is 10.1. The molecule has 40 heavy (non-hydrogen) atoms. The van der Waals surface area contributed by atoms with Gasteiger partial charge in [0.1, 0.15) is 12.6 Å². The SMILES string of the molecule is CC(C)CNC(=O)C(Cc1ccccc1)N(Cc1ccccc1Cl)C(=O)CN(c1ccccc1)S(=O)(=O)N(C)C. The van der Waals surface area contributed by atoms with Crippen molar-refractivity contribution in [2.45, 2.75) is 32.9 Å². The van der Waals surface area contributed by atoms with Crippen molar-refractivity contribution >= 4 is 39.3 Å². The van der Waals surface area contributed by atoms with Gasteiger partial charge in [0.15, 0.2) is 0 Å². The Morgan fingerprint density at radius 3 is 2.02 bits per heavy atom. The molecule has 0 aliphatic heterocycles. The minimum Gasteiger partial charge on any atom is -0.354 e. The largest absolute Gasteiger partial charge is 0.354 e. The summed E-state index contributed by atoms with van der Waals surface area (Å²) in [6.45, 7) is 3.93. The van der Waals surface area contributed by atoms with Crippen LogP contribution in [-0.4, -0.2) is 62.7 Å². The molecule has 1 N–H and O–H groups in total. The average Bonchev–Trinajstić information content (AvgIpc) is 2.93. The summed E-state index contributed by atoms with van der Waals surface area (Å²) in [5, 5.41) is 3.41. The van der Waals surface area contributed by atoms with Crippen molar-refractivity contribution < 1.29 is 18.0 Å². The lowest BCUT2D eigenvalue weighted by Crippen LogP contribution is -2.54. The number of hydrogen-bond donors (Lipinski definition) is 1. The molecule has 0 spiro atoms. The van der Waals surface area contributed by atoms with Gasteiger partial charge in [-0.25, -0.2) is 4.31 Å². The van der Waals surface area contributed by atoms with Crippen LogP contribution in [0.5, 0.6) is 0 Å². The highest BCUT2D eigenvalue weighted by Gasteiger charge is 2.34. The molecule has 3 aromatic rings. The quantitative estimate of drug-likeness (QED) is 0.323. The molecule has 0 bridgehead atoms. The zero-order valence-electron chi connectivity index (χ0n) is 23.3. The van der Waals surface area contributed by atoms with Crippen LogP contribution < -0.4 is 9.62 Å². The summed E-state index contributed by atoms with van der Waals surface area (Å²) in [5.41, 5.74) is 1.85. The van der Waals surface area contributed by atoms with Gasteiger partial charge < -0.3 is 10.2 Å². The Kier molecular flexibility index (Phi) is 11.1. The molecule has 1 atom stereocenters. The van der Waals surface area contributed by atoms with Crippen molar-refractivity contribution in [2.24, 2.45) is 5.92 Å². The Morgan fingerprint density at radius 2 is 1.45 bits per heavy atom. The molecule has 0 aliphatic carbocycles. The van der Waals surface area contributed by atoms with Gasteiger partial charge in [-0.3, -0.25) is 9.59 Å². The zero-order chi connectivity index (χ0) is 29.3. The number of carbonyl (C=O) groups is 2. The van der Waals surface area contributed by atoms with E-state index in [4.69, 9.17) is 11.6 Å². The first-order valence-electron chi connectivity index (χ1n) is 13.1. The van der Waals surface area contributed by atoms with Gasteiger partial charge in [0.2, 0.25) is 11.8 Å². The zero-order valence-corrected chi connectivity index (χ0v) is 24.9. The fourth-order valence-electron chi connectivity index (χ4n) is 4.10. The summed E-state index contributed by atoms with van der Waals surface area (Å²) in [4.78, 5) is 29.3. The van der Waals surface area contributed by atoms with E-state index in [1.165, 1.54) is 19.0 Å². The van der Waals surface area contributed by atoms with Crippen LogP contribution in [-0.2, 0) is 32.8 Å². The molecule has 8 nitrogen and oxygen atoms in total. The number of rotatable bonds is 13. The van der Waals surface area contributed by atoms with E-state index in [0.29, 0.717) is 22.8 Å². The molecule has 10 heteroatoms. The van der Waals surface area contributed by atoms with Gasteiger partial charge in [0.05, 0.1) is 5.69 Å². The van der Waals surface area contributed by atoms with E-state index < -0.39 is 28.7 Å². The molecule has 1 unspecified atom stereocenters. The molecule has 2 amide bonds. The van der Waals surface area contributed by atoms with Crippen LogP contribution in [0.15, 0.2) is 84.9 Å². The average molecular weight is 585 g/mol. The molecule has 0 radical (unpaired) electrons. The minimum atomic E-state index is -4.04. The maximum atomic E-state index is 14.2. The fourth-order valence-corrected chi connectivity index (χ4v) is 5.35. The summed E-state index contributed by atoms with van der Waals surface area (Å²) in [6.07, 6.45) is 0.243. The lowest BCUT2D eigenvalue weighted by molar-refractivity contribution is -0.140. The normalized spacial score (nSPS) is 12.3. The Bertz CT molecular complexity index is 1370. The minimum absolute atomic E-state index is 0.0236. The molecule has 0 aromatic heterocycles. The van der Waals surface area contributed by atoms with Gasteiger partial charge in [0.25, 0.3) is 0 Å². The number of benzene rings is 3. The van der Waals surface area contributed by atoms with Gasteiger partial charge in [-0.2, -0.15) is 12.7 Å². The third kappa shape index (κ3) is 8.30. The van der Waals surface area contributed by atoms with E-state index in [0.717, 1.165) is 14.2 Å². The monoisotopic (exact) mass is 584 g/mol. The summed E-state index contributed by atoms with van der Waals surface area (Å²) in [6, 6.07) is 24.1. The summed E-state index contributed by atoms with van der Waals surface area (Å²) in [7, 11) is -1.21. The van der Waals surface area contributed by atoms with Gasteiger partial charge >= 0.3 is 10.2 Å². The van der Waals surface area contributed by atoms with E-state index in [9.17, 15) is 18.0 Å². The molecule has 214 valence electrons. The number of nitrogens with one attached hydrogen (secondary N) is 1. The Labute approximate surface area is 242 Å². The molecule has 0 heterocycles. The second kappa shape index (κ2) is 14.3. The van der Waals surface area contributed by atoms with Gasteiger partial charge in [0, 0.05) is 38.6 Å². The Morgan fingerprint density at radius 1 is 0.875 bits per heavy atom. The van der Waals surface area contributed by atoms with Crippen LogP contribution in [0.4, 0.5) is 5.69 Å². The number of para-hydroxylation sites is 1. The topological polar surface area (TPSA) is 90.0 Å². The summed E-state index contributed by atoms with van der Waals surface area (Å²) in [5.74, 6) is -0.651. The van der Waals surface area contributed by atoms with Gasteiger partial charge in [-0.1, -0.05) is 92.2 Å². The lowest BCUT2D eigenvalue weighted by Gasteiger charge is -2.34. The van der Waals surface area contributed by atoms with Crippen molar-refractivity contribution in [3.05, 3.63) is 101 Å². The third-order valence-electron chi connectivity index (χ3n) is 6.32. The molecule has 0 fully saturated rings. The first kappa shape index (κ1) is 31.1. The highest BCUT2D eigenvalue weighted by atomic mass is 35.5. The third-order valence-corrected chi connectivity index (χ3v) is 8.51. The van der Waals surface area contributed by atoms with E-state index in [1.54, 1.807) is 48.5 Å².